The lowest BCUT2D eigenvalue weighted by molar-refractivity contribution is -0.274. The largest absolute Gasteiger partial charge is 0.573 e. The van der Waals surface area contributed by atoms with Crippen LogP contribution in [0.25, 0.3) is 11.1 Å². The van der Waals surface area contributed by atoms with E-state index in [9.17, 15) is 22.8 Å². The maximum absolute atomic E-state index is 12.8. The molecule has 0 saturated heterocycles. The third-order valence-corrected chi connectivity index (χ3v) is 4.52. The molecule has 0 atom stereocenters. The maximum Gasteiger partial charge on any atom is 0.573 e. The van der Waals surface area contributed by atoms with Gasteiger partial charge < -0.3 is 15.4 Å². The zero-order chi connectivity index (χ0) is 23.3. The molecule has 6 nitrogen and oxygen atoms in total. The molecule has 0 aliphatic rings. The Labute approximate surface area is 182 Å². The summed E-state index contributed by atoms with van der Waals surface area (Å²) in [7, 11) is 0. The first-order chi connectivity index (χ1) is 15.1. The second kappa shape index (κ2) is 9.51. The zero-order valence-electron chi connectivity index (χ0n) is 17.3. The number of pyridine rings is 1. The van der Waals surface area contributed by atoms with Crippen molar-refractivity contribution in [3.05, 3.63) is 71.9 Å². The number of nitrogens with one attached hydrogen (secondary N) is 2. The van der Waals surface area contributed by atoms with E-state index >= 15 is 0 Å². The first-order valence-corrected chi connectivity index (χ1v) is 9.59. The fraction of sp³-hybridized carbons (Fsp3) is 0.174. The molecule has 166 valence electrons. The molecule has 0 spiro atoms. The number of alkyl halides is 3. The summed E-state index contributed by atoms with van der Waals surface area (Å²) in [5, 5.41) is 5.63. The minimum atomic E-state index is -4.76. The molecule has 0 fully saturated rings. The van der Waals surface area contributed by atoms with E-state index in [4.69, 9.17) is 0 Å². The molecular weight excluding hydrogens is 423 g/mol. The zero-order valence-corrected chi connectivity index (χ0v) is 17.3. The molecule has 0 unspecified atom stereocenters. The van der Waals surface area contributed by atoms with Crippen LogP contribution < -0.4 is 15.4 Å². The molecule has 32 heavy (non-hydrogen) atoms. The summed E-state index contributed by atoms with van der Waals surface area (Å²) < 4.78 is 41.0. The third-order valence-electron chi connectivity index (χ3n) is 4.52. The summed E-state index contributed by atoms with van der Waals surface area (Å²) in [4.78, 5) is 28.0. The fourth-order valence-corrected chi connectivity index (χ4v) is 3.02. The monoisotopic (exact) mass is 443 g/mol. The van der Waals surface area contributed by atoms with Gasteiger partial charge in [-0.3, -0.25) is 9.59 Å². The number of ether oxygens (including phenoxy) is 1. The molecular formula is C23H20F3N3O3. The number of carbonyl (C=O) groups is 2. The van der Waals surface area contributed by atoms with E-state index in [1.54, 1.807) is 37.3 Å². The first-order valence-electron chi connectivity index (χ1n) is 9.59. The van der Waals surface area contributed by atoms with Crippen LogP contribution in [0, 0.1) is 6.92 Å². The predicted molar refractivity (Wildman–Crippen MR) is 115 cm³/mol. The average molecular weight is 443 g/mol. The second-order valence-electron chi connectivity index (χ2n) is 6.99. The SMILES string of the molecule is CC(=O)CNc1ccc(NC(=O)c2cccc(-c3ccc(OC(F)(F)F)cc3)c2C)cn1. The predicted octanol–water partition coefficient (Wildman–Crippen LogP) is 5.21. The van der Waals surface area contributed by atoms with Gasteiger partial charge >= 0.3 is 6.36 Å². The van der Waals surface area contributed by atoms with Gasteiger partial charge in [0.15, 0.2) is 0 Å². The molecule has 2 N–H and O–H groups in total. The van der Waals surface area contributed by atoms with Crippen molar-refractivity contribution < 1.29 is 27.5 Å². The summed E-state index contributed by atoms with van der Waals surface area (Å²) in [5.41, 5.74) is 2.91. The Hall–Kier alpha value is -3.88. The van der Waals surface area contributed by atoms with E-state index in [0.29, 0.717) is 33.8 Å². The summed E-state index contributed by atoms with van der Waals surface area (Å²) in [6.45, 7) is 3.38. The van der Waals surface area contributed by atoms with Crippen molar-refractivity contribution >= 4 is 23.2 Å². The Morgan fingerprint density at radius 1 is 1.03 bits per heavy atom. The molecule has 0 aliphatic heterocycles. The number of hydrogen-bond donors (Lipinski definition) is 2. The van der Waals surface area contributed by atoms with Crippen LogP contribution in [-0.2, 0) is 4.79 Å². The second-order valence-corrected chi connectivity index (χ2v) is 6.99. The quantitative estimate of drug-likeness (QED) is 0.524. The van der Waals surface area contributed by atoms with Crippen LogP contribution in [-0.4, -0.2) is 29.6 Å². The third kappa shape index (κ3) is 6.07. The number of carbonyl (C=O) groups excluding carboxylic acids is 2. The molecule has 1 amide bonds. The maximum atomic E-state index is 12.8. The summed E-state index contributed by atoms with van der Waals surface area (Å²) in [6, 6.07) is 13.9. The number of rotatable bonds is 7. The molecule has 9 heteroatoms. The fourth-order valence-electron chi connectivity index (χ4n) is 3.02. The Kier molecular flexibility index (Phi) is 6.77. The van der Waals surface area contributed by atoms with Crippen LogP contribution in [0.3, 0.4) is 0 Å². The van der Waals surface area contributed by atoms with Crippen molar-refractivity contribution in [3.8, 4) is 16.9 Å². The Morgan fingerprint density at radius 3 is 2.34 bits per heavy atom. The summed E-state index contributed by atoms with van der Waals surface area (Å²) in [6.07, 6.45) is -3.29. The highest BCUT2D eigenvalue weighted by atomic mass is 19.4. The average Bonchev–Trinajstić information content (AvgIpc) is 2.73. The molecule has 2 aromatic carbocycles. The summed E-state index contributed by atoms with van der Waals surface area (Å²) in [5.74, 6) is -0.189. The number of halogens is 3. The minimum Gasteiger partial charge on any atom is -0.406 e. The smallest absolute Gasteiger partial charge is 0.406 e. The van der Waals surface area contributed by atoms with Crippen LogP contribution >= 0.6 is 0 Å². The highest BCUT2D eigenvalue weighted by Crippen LogP contribution is 2.29. The van der Waals surface area contributed by atoms with E-state index in [-0.39, 0.29) is 24.0 Å². The lowest BCUT2D eigenvalue weighted by atomic mass is 9.96. The molecule has 3 aromatic rings. The Bertz CT molecular complexity index is 1110. The first kappa shape index (κ1) is 22.8. The van der Waals surface area contributed by atoms with Gasteiger partial charge in [0.05, 0.1) is 18.4 Å². The van der Waals surface area contributed by atoms with Crippen molar-refractivity contribution in [2.24, 2.45) is 0 Å². The van der Waals surface area contributed by atoms with Crippen molar-refractivity contribution in [3.63, 3.8) is 0 Å². The van der Waals surface area contributed by atoms with Crippen LogP contribution in [0.15, 0.2) is 60.8 Å². The Balaban J connectivity index is 1.75. The van der Waals surface area contributed by atoms with Gasteiger partial charge in [0.1, 0.15) is 17.4 Å². The highest BCUT2D eigenvalue weighted by molar-refractivity contribution is 6.06. The van der Waals surface area contributed by atoms with E-state index in [1.807, 2.05) is 0 Å². The van der Waals surface area contributed by atoms with E-state index in [0.717, 1.165) is 0 Å². The number of Topliss-reactive ketones (excluding diaryl/α,β-unsaturated/α-hetero) is 1. The van der Waals surface area contributed by atoms with Gasteiger partial charge in [-0.2, -0.15) is 0 Å². The van der Waals surface area contributed by atoms with Crippen molar-refractivity contribution in [1.82, 2.24) is 4.98 Å². The van der Waals surface area contributed by atoms with Crippen LogP contribution in [0.5, 0.6) is 5.75 Å². The molecule has 1 aromatic heterocycles. The number of hydrogen-bond acceptors (Lipinski definition) is 5. The standard InChI is InChI=1S/C23H20F3N3O3/c1-14(30)12-27-21-11-8-17(13-28-21)29-22(31)20-5-3-4-19(15(20)2)16-6-9-18(10-7-16)32-23(24,25)26/h3-11,13H,12H2,1-2H3,(H,27,28)(H,29,31). The molecule has 0 aliphatic carbocycles. The molecule has 0 saturated carbocycles. The molecule has 0 radical (unpaired) electrons. The number of anilines is 2. The number of aromatic nitrogens is 1. The number of amides is 1. The highest BCUT2D eigenvalue weighted by Gasteiger charge is 2.31. The van der Waals surface area contributed by atoms with Crippen molar-refractivity contribution in [1.29, 1.82) is 0 Å². The van der Waals surface area contributed by atoms with Gasteiger partial charge in [-0.25, -0.2) is 4.98 Å². The van der Waals surface area contributed by atoms with E-state index in [1.165, 1.54) is 37.4 Å². The normalized spacial score (nSPS) is 11.0. The number of benzene rings is 2. The van der Waals surface area contributed by atoms with Gasteiger partial charge in [-0.1, -0.05) is 24.3 Å². The molecule has 1 heterocycles. The summed E-state index contributed by atoms with van der Waals surface area (Å²) >= 11 is 0. The van der Waals surface area contributed by atoms with Gasteiger partial charge in [0.25, 0.3) is 5.91 Å². The minimum absolute atomic E-state index is 0.0259. The van der Waals surface area contributed by atoms with Crippen molar-refractivity contribution in [2.45, 2.75) is 20.2 Å². The van der Waals surface area contributed by atoms with E-state index in [2.05, 4.69) is 20.4 Å². The van der Waals surface area contributed by atoms with Gasteiger partial charge in [0.2, 0.25) is 0 Å². The Morgan fingerprint density at radius 2 is 1.75 bits per heavy atom. The van der Waals surface area contributed by atoms with Crippen LogP contribution in [0.1, 0.15) is 22.8 Å². The van der Waals surface area contributed by atoms with Crippen molar-refractivity contribution in [2.75, 3.05) is 17.2 Å². The van der Waals surface area contributed by atoms with Gasteiger partial charge in [-0.15, -0.1) is 13.2 Å². The lowest BCUT2D eigenvalue weighted by Gasteiger charge is -2.13. The number of ketones is 1. The molecule has 0 bridgehead atoms. The lowest BCUT2D eigenvalue weighted by Crippen LogP contribution is -2.17. The topological polar surface area (TPSA) is 80.3 Å². The van der Waals surface area contributed by atoms with Crippen LogP contribution in [0.4, 0.5) is 24.7 Å². The van der Waals surface area contributed by atoms with Crippen LogP contribution in [0.2, 0.25) is 0 Å². The van der Waals surface area contributed by atoms with E-state index < -0.39 is 6.36 Å². The molecule has 3 rings (SSSR count). The number of nitrogens with zero attached hydrogens (tertiary/aromatic N) is 1. The van der Waals surface area contributed by atoms with Gasteiger partial charge in [-0.05, 0) is 60.9 Å². The van der Waals surface area contributed by atoms with Gasteiger partial charge in [0, 0.05) is 5.56 Å².